The van der Waals surface area contributed by atoms with Crippen molar-refractivity contribution < 1.29 is 9.90 Å². The molecule has 1 N–H and O–H groups in total. The third-order valence-corrected chi connectivity index (χ3v) is 3.49. The van der Waals surface area contributed by atoms with Crippen LogP contribution in [0, 0.1) is 0 Å². The van der Waals surface area contributed by atoms with Gasteiger partial charge in [-0.25, -0.2) is 4.79 Å². The zero-order valence-corrected chi connectivity index (χ0v) is 11.1. The fourth-order valence-electron chi connectivity index (χ4n) is 1.84. The molecule has 0 amide bonds. The number of carboxylic acids is 1. The van der Waals surface area contributed by atoms with E-state index >= 15 is 0 Å². The van der Waals surface area contributed by atoms with Crippen molar-refractivity contribution in [2.75, 3.05) is 0 Å². The van der Waals surface area contributed by atoms with Crippen molar-refractivity contribution in [3.8, 4) is 5.69 Å². The van der Waals surface area contributed by atoms with Crippen molar-refractivity contribution in [2.24, 2.45) is 0 Å². The summed E-state index contributed by atoms with van der Waals surface area (Å²) in [5.74, 6) is -0.0670. The summed E-state index contributed by atoms with van der Waals surface area (Å²) in [6, 6.07) is 2.67. The van der Waals surface area contributed by atoms with Gasteiger partial charge in [-0.2, -0.15) is 4.68 Å². The van der Waals surface area contributed by atoms with Gasteiger partial charge in [0.25, 0.3) is 0 Å². The zero-order valence-electron chi connectivity index (χ0n) is 9.55. The van der Waals surface area contributed by atoms with Crippen LogP contribution in [0.5, 0.6) is 0 Å². The number of benzene rings is 1. The molecular weight excluding hydrogens is 291 g/mol. The molecule has 19 heavy (non-hydrogen) atoms. The maximum atomic E-state index is 10.9. The highest BCUT2D eigenvalue weighted by Crippen LogP contribution is 2.40. The normalized spacial score (nSPS) is 14.6. The van der Waals surface area contributed by atoms with Crippen LogP contribution in [0.3, 0.4) is 0 Å². The lowest BCUT2D eigenvalue weighted by atomic mass is 10.2. The molecule has 0 atom stereocenters. The molecule has 1 aliphatic rings. The van der Waals surface area contributed by atoms with Crippen LogP contribution in [0.2, 0.25) is 10.0 Å². The molecule has 0 aliphatic heterocycles. The fraction of sp³-hybridized carbons (Fsp3) is 0.273. The van der Waals surface area contributed by atoms with E-state index in [1.54, 1.807) is 0 Å². The van der Waals surface area contributed by atoms with Crippen molar-refractivity contribution in [1.82, 2.24) is 20.2 Å². The molecule has 0 unspecified atom stereocenters. The predicted octanol–water partition coefficient (Wildman–Crippen LogP) is 2.54. The first-order valence-electron chi connectivity index (χ1n) is 5.59. The fourth-order valence-corrected chi connectivity index (χ4v) is 2.49. The maximum Gasteiger partial charge on any atom is 0.335 e. The molecule has 0 saturated heterocycles. The van der Waals surface area contributed by atoms with Crippen LogP contribution in [-0.2, 0) is 0 Å². The van der Waals surface area contributed by atoms with E-state index in [0.717, 1.165) is 12.8 Å². The monoisotopic (exact) mass is 298 g/mol. The number of hydrogen-bond acceptors (Lipinski definition) is 4. The minimum absolute atomic E-state index is 0.0276. The van der Waals surface area contributed by atoms with Crippen LogP contribution in [0.25, 0.3) is 5.69 Å². The number of nitrogens with zero attached hydrogens (tertiary/aromatic N) is 4. The standard InChI is InChI=1S/C11H8Cl2N4O2/c12-7-3-6(11(18)19)4-8(13)9(7)17-10(5-1-2-5)14-15-16-17/h3-5H,1-2H2,(H,18,19). The van der Waals surface area contributed by atoms with Gasteiger partial charge < -0.3 is 5.11 Å². The van der Waals surface area contributed by atoms with E-state index in [9.17, 15) is 4.79 Å². The summed E-state index contributed by atoms with van der Waals surface area (Å²) in [6.07, 6.45) is 2.06. The molecule has 0 spiro atoms. The lowest BCUT2D eigenvalue weighted by molar-refractivity contribution is 0.0697. The van der Waals surface area contributed by atoms with Gasteiger partial charge >= 0.3 is 5.97 Å². The van der Waals surface area contributed by atoms with E-state index in [4.69, 9.17) is 28.3 Å². The summed E-state index contributed by atoms with van der Waals surface area (Å²) in [7, 11) is 0. The van der Waals surface area contributed by atoms with Crippen LogP contribution in [-0.4, -0.2) is 31.3 Å². The van der Waals surface area contributed by atoms with Crippen molar-refractivity contribution >= 4 is 29.2 Å². The second kappa shape index (κ2) is 4.47. The molecule has 1 aromatic heterocycles. The molecule has 1 heterocycles. The molecule has 1 fully saturated rings. The van der Waals surface area contributed by atoms with Crippen molar-refractivity contribution in [1.29, 1.82) is 0 Å². The van der Waals surface area contributed by atoms with Gasteiger partial charge in [-0.1, -0.05) is 23.2 Å². The van der Waals surface area contributed by atoms with Crippen LogP contribution in [0.4, 0.5) is 0 Å². The first kappa shape index (κ1) is 12.4. The van der Waals surface area contributed by atoms with Gasteiger partial charge in [0.05, 0.1) is 15.6 Å². The van der Waals surface area contributed by atoms with E-state index in [-0.39, 0.29) is 15.6 Å². The highest BCUT2D eigenvalue weighted by Gasteiger charge is 2.31. The van der Waals surface area contributed by atoms with E-state index in [1.165, 1.54) is 16.8 Å². The van der Waals surface area contributed by atoms with Crippen molar-refractivity contribution in [2.45, 2.75) is 18.8 Å². The number of tetrazole rings is 1. The Morgan fingerprint density at radius 3 is 2.47 bits per heavy atom. The van der Waals surface area contributed by atoms with Crippen LogP contribution in [0.15, 0.2) is 12.1 Å². The number of carbonyl (C=O) groups is 1. The summed E-state index contributed by atoms with van der Waals surface area (Å²) < 4.78 is 1.48. The average Bonchev–Trinajstić information content (AvgIpc) is 3.08. The van der Waals surface area contributed by atoms with E-state index in [2.05, 4.69) is 15.5 Å². The lowest BCUT2D eigenvalue weighted by Crippen LogP contribution is -2.06. The molecule has 8 heteroatoms. The first-order chi connectivity index (χ1) is 9.08. The number of carboxylic acid groups (broad SMARTS) is 1. The van der Waals surface area contributed by atoms with Gasteiger partial charge in [0.15, 0.2) is 5.82 Å². The van der Waals surface area contributed by atoms with E-state index < -0.39 is 5.97 Å². The second-order valence-electron chi connectivity index (χ2n) is 4.32. The minimum Gasteiger partial charge on any atom is -0.478 e. The van der Waals surface area contributed by atoms with Crippen LogP contribution < -0.4 is 0 Å². The van der Waals surface area contributed by atoms with Crippen LogP contribution >= 0.6 is 23.2 Å². The largest absolute Gasteiger partial charge is 0.478 e. The van der Waals surface area contributed by atoms with Gasteiger partial charge in [0.2, 0.25) is 0 Å². The topological polar surface area (TPSA) is 80.9 Å². The summed E-state index contributed by atoms with van der Waals surface area (Å²) >= 11 is 12.2. The van der Waals surface area contributed by atoms with Gasteiger partial charge in [-0.05, 0) is 35.4 Å². The Kier molecular flexibility index (Phi) is 2.91. The number of aromatic carboxylic acids is 1. The first-order valence-corrected chi connectivity index (χ1v) is 6.34. The van der Waals surface area contributed by atoms with Gasteiger partial charge in [0.1, 0.15) is 5.69 Å². The molecule has 1 saturated carbocycles. The average molecular weight is 299 g/mol. The number of hydrogen-bond donors (Lipinski definition) is 1. The third kappa shape index (κ3) is 2.17. The Hall–Kier alpha value is -1.66. The summed E-state index contributed by atoms with van der Waals surface area (Å²) in [4.78, 5) is 10.9. The Morgan fingerprint density at radius 2 is 1.95 bits per heavy atom. The molecular formula is C11H8Cl2N4O2. The second-order valence-corrected chi connectivity index (χ2v) is 5.13. The Balaban J connectivity index is 2.14. The Labute approximate surface area is 117 Å². The van der Waals surface area contributed by atoms with Crippen molar-refractivity contribution in [3.63, 3.8) is 0 Å². The molecule has 98 valence electrons. The lowest BCUT2D eigenvalue weighted by Gasteiger charge is -2.09. The van der Waals surface area contributed by atoms with Gasteiger partial charge in [-0.3, -0.25) is 0 Å². The molecule has 0 radical (unpaired) electrons. The van der Waals surface area contributed by atoms with E-state index in [1.807, 2.05) is 0 Å². The molecule has 3 rings (SSSR count). The number of halogens is 2. The SMILES string of the molecule is O=C(O)c1cc(Cl)c(-n2nnnc2C2CC2)c(Cl)c1. The number of rotatable bonds is 3. The number of aromatic nitrogens is 4. The van der Waals surface area contributed by atoms with Gasteiger partial charge in [0, 0.05) is 5.92 Å². The van der Waals surface area contributed by atoms with Crippen LogP contribution in [0.1, 0.15) is 34.9 Å². The highest BCUT2D eigenvalue weighted by atomic mass is 35.5. The summed E-state index contributed by atoms with van der Waals surface area (Å²) in [5.41, 5.74) is 0.444. The Morgan fingerprint density at radius 1 is 1.32 bits per heavy atom. The summed E-state index contributed by atoms with van der Waals surface area (Å²) in [6.45, 7) is 0. The van der Waals surface area contributed by atoms with E-state index in [0.29, 0.717) is 17.4 Å². The molecule has 6 nitrogen and oxygen atoms in total. The third-order valence-electron chi connectivity index (χ3n) is 2.91. The van der Waals surface area contributed by atoms with Crippen molar-refractivity contribution in [3.05, 3.63) is 33.6 Å². The Bertz CT molecular complexity index is 643. The predicted molar refractivity (Wildman–Crippen MR) is 68.1 cm³/mol. The molecule has 0 bridgehead atoms. The quantitative estimate of drug-likeness (QED) is 0.942. The maximum absolute atomic E-state index is 10.9. The summed E-state index contributed by atoms with van der Waals surface area (Å²) in [5, 5.41) is 20.8. The zero-order chi connectivity index (χ0) is 13.6. The minimum atomic E-state index is -1.09. The molecule has 2 aromatic rings. The molecule has 1 aliphatic carbocycles. The van der Waals surface area contributed by atoms with Gasteiger partial charge in [-0.15, -0.1) is 5.10 Å². The smallest absolute Gasteiger partial charge is 0.335 e. The highest BCUT2D eigenvalue weighted by molar-refractivity contribution is 6.38. The molecule has 1 aromatic carbocycles.